The van der Waals surface area contributed by atoms with Crippen molar-refractivity contribution >= 4 is 38.6 Å². The van der Waals surface area contributed by atoms with Gasteiger partial charge < -0.3 is 0 Å². The van der Waals surface area contributed by atoms with Gasteiger partial charge in [0, 0.05) is 4.47 Å². The van der Waals surface area contributed by atoms with Crippen LogP contribution in [0.1, 0.15) is 11.4 Å². The van der Waals surface area contributed by atoms with Gasteiger partial charge in [-0.25, -0.2) is 13.8 Å². The van der Waals surface area contributed by atoms with Crippen molar-refractivity contribution in [2.75, 3.05) is 0 Å². The summed E-state index contributed by atoms with van der Waals surface area (Å²) >= 11 is 9.37. The van der Waals surface area contributed by atoms with Gasteiger partial charge in [0.2, 0.25) is 0 Å². The van der Waals surface area contributed by atoms with Gasteiger partial charge in [0.25, 0.3) is 0 Å². The van der Waals surface area contributed by atoms with Crippen molar-refractivity contribution in [2.24, 2.45) is 0 Å². The van der Waals surface area contributed by atoms with Crippen molar-refractivity contribution in [3.05, 3.63) is 57.8 Å². The molecule has 2 aromatic carbocycles. The Balaban J connectivity index is 2.45. The third kappa shape index (κ3) is 2.24. The number of rotatable bonds is 2. The van der Waals surface area contributed by atoms with Crippen molar-refractivity contribution < 1.29 is 8.78 Å². The Morgan fingerprint density at radius 1 is 1.24 bits per heavy atom. The molecule has 108 valence electrons. The molecule has 2 nitrogen and oxygen atoms in total. The summed E-state index contributed by atoms with van der Waals surface area (Å²) in [6.45, 7) is 1.89. The highest BCUT2D eigenvalue weighted by Gasteiger charge is 2.19. The number of halogens is 4. The van der Waals surface area contributed by atoms with Crippen LogP contribution >= 0.6 is 27.5 Å². The molecule has 0 aliphatic carbocycles. The average Bonchev–Trinajstić information content (AvgIpc) is 2.85. The number of hydrogen-bond donors (Lipinski definition) is 0. The van der Waals surface area contributed by atoms with Gasteiger partial charge in [-0.3, -0.25) is 4.57 Å². The molecular formula is C15H10BrClF2N2. The minimum atomic E-state index is -0.921. The molecule has 0 radical (unpaired) electrons. The van der Waals surface area contributed by atoms with Gasteiger partial charge in [-0.2, -0.15) is 0 Å². The molecule has 0 saturated heterocycles. The monoisotopic (exact) mass is 370 g/mol. The lowest BCUT2D eigenvalue weighted by molar-refractivity contribution is 0.514. The highest BCUT2D eigenvalue weighted by Crippen LogP contribution is 2.30. The lowest BCUT2D eigenvalue weighted by Crippen LogP contribution is -2.03. The lowest BCUT2D eigenvalue weighted by Gasteiger charge is -2.12. The Hall–Kier alpha value is -1.46. The van der Waals surface area contributed by atoms with E-state index in [1.807, 2.05) is 25.1 Å². The molecule has 0 aliphatic heterocycles. The highest BCUT2D eigenvalue weighted by molar-refractivity contribution is 9.10. The summed E-state index contributed by atoms with van der Waals surface area (Å²) in [5.41, 5.74) is 2.09. The average molecular weight is 372 g/mol. The molecule has 0 unspecified atom stereocenters. The van der Waals surface area contributed by atoms with E-state index in [2.05, 4.69) is 20.9 Å². The van der Waals surface area contributed by atoms with Gasteiger partial charge in [-0.05, 0) is 36.8 Å². The molecule has 3 aromatic rings. The third-order valence-corrected chi connectivity index (χ3v) is 4.48. The molecule has 0 aliphatic rings. The Morgan fingerprint density at radius 2 is 2.00 bits per heavy atom. The third-order valence-electron chi connectivity index (χ3n) is 3.38. The van der Waals surface area contributed by atoms with E-state index in [0.717, 1.165) is 16.1 Å². The van der Waals surface area contributed by atoms with Crippen molar-refractivity contribution in [3.63, 3.8) is 0 Å². The number of hydrogen-bond acceptors (Lipinski definition) is 1. The maximum atomic E-state index is 14.2. The van der Waals surface area contributed by atoms with Crippen LogP contribution in [0, 0.1) is 18.6 Å². The van der Waals surface area contributed by atoms with Crippen LogP contribution in [0.4, 0.5) is 8.78 Å². The predicted molar refractivity (Wildman–Crippen MR) is 83.0 cm³/mol. The quantitative estimate of drug-likeness (QED) is 0.572. The fourth-order valence-corrected chi connectivity index (χ4v) is 2.87. The zero-order chi connectivity index (χ0) is 15.1. The van der Waals surface area contributed by atoms with Gasteiger partial charge in [-0.1, -0.05) is 22.0 Å². The maximum Gasteiger partial charge on any atom is 0.185 e. The summed E-state index contributed by atoms with van der Waals surface area (Å²) in [7, 11) is 0. The largest absolute Gasteiger partial charge is 0.292 e. The SMILES string of the molecule is Cc1c(Br)cccc1-n1c(CCl)nc2ccc(F)c(F)c21. The number of benzene rings is 2. The summed E-state index contributed by atoms with van der Waals surface area (Å²) in [5.74, 6) is -1.26. The van der Waals surface area contributed by atoms with Gasteiger partial charge in [0.1, 0.15) is 11.3 Å². The van der Waals surface area contributed by atoms with E-state index >= 15 is 0 Å². The van der Waals surface area contributed by atoms with E-state index in [9.17, 15) is 8.78 Å². The maximum absolute atomic E-state index is 14.2. The number of imidazole rings is 1. The van der Waals surface area contributed by atoms with E-state index in [4.69, 9.17) is 11.6 Å². The molecular weight excluding hydrogens is 362 g/mol. The molecule has 6 heteroatoms. The van der Waals surface area contributed by atoms with Crippen molar-refractivity contribution in [2.45, 2.75) is 12.8 Å². The standard InChI is InChI=1S/C15H10BrClF2N2/c1-8-9(16)3-2-4-12(8)21-13(7-17)20-11-6-5-10(18)14(19)15(11)21/h2-6H,7H2,1H3. The minimum Gasteiger partial charge on any atom is -0.292 e. The van der Waals surface area contributed by atoms with E-state index in [0.29, 0.717) is 17.0 Å². The first-order valence-electron chi connectivity index (χ1n) is 6.21. The molecule has 1 heterocycles. The minimum absolute atomic E-state index is 0.0989. The van der Waals surface area contributed by atoms with Gasteiger partial charge in [-0.15, -0.1) is 11.6 Å². The van der Waals surface area contributed by atoms with E-state index < -0.39 is 11.6 Å². The van der Waals surface area contributed by atoms with Crippen LogP contribution in [-0.4, -0.2) is 9.55 Å². The molecule has 0 spiro atoms. The highest BCUT2D eigenvalue weighted by atomic mass is 79.9. The van der Waals surface area contributed by atoms with Crippen molar-refractivity contribution in [1.82, 2.24) is 9.55 Å². The Labute approximate surface area is 133 Å². The van der Waals surface area contributed by atoms with Crippen molar-refractivity contribution in [3.8, 4) is 5.69 Å². The molecule has 0 atom stereocenters. The zero-order valence-electron chi connectivity index (χ0n) is 11.0. The van der Waals surface area contributed by atoms with Crippen LogP contribution < -0.4 is 0 Å². The summed E-state index contributed by atoms with van der Waals surface area (Å²) in [6.07, 6.45) is 0. The Morgan fingerprint density at radius 3 is 2.71 bits per heavy atom. The molecule has 0 amide bonds. The first-order chi connectivity index (χ1) is 10.0. The van der Waals surface area contributed by atoms with Gasteiger partial charge >= 0.3 is 0 Å². The van der Waals surface area contributed by atoms with Crippen LogP contribution in [0.25, 0.3) is 16.7 Å². The molecule has 21 heavy (non-hydrogen) atoms. The number of fused-ring (bicyclic) bond motifs is 1. The summed E-state index contributed by atoms with van der Waals surface area (Å²) in [4.78, 5) is 4.29. The second-order valence-electron chi connectivity index (χ2n) is 4.61. The molecule has 0 saturated carbocycles. The topological polar surface area (TPSA) is 17.8 Å². The molecule has 0 fully saturated rings. The normalized spacial score (nSPS) is 11.3. The van der Waals surface area contributed by atoms with E-state index in [-0.39, 0.29) is 11.4 Å². The molecule has 3 rings (SSSR count). The first kappa shape index (κ1) is 14.5. The molecule has 1 aromatic heterocycles. The lowest BCUT2D eigenvalue weighted by atomic mass is 10.2. The number of nitrogens with zero attached hydrogens (tertiary/aromatic N) is 2. The second kappa shape index (κ2) is 5.39. The first-order valence-corrected chi connectivity index (χ1v) is 7.54. The van der Waals surface area contributed by atoms with E-state index in [1.54, 1.807) is 4.57 Å². The fraction of sp³-hybridized carbons (Fsp3) is 0.133. The smallest absolute Gasteiger partial charge is 0.185 e. The number of alkyl halides is 1. The van der Waals surface area contributed by atoms with Gasteiger partial charge in [0.05, 0.1) is 17.1 Å². The van der Waals surface area contributed by atoms with Crippen molar-refractivity contribution in [1.29, 1.82) is 0 Å². The van der Waals surface area contributed by atoms with Crippen LogP contribution in [-0.2, 0) is 5.88 Å². The molecule has 0 bridgehead atoms. The van der Waals surface area contributed by atoms with Crippen LogP contribution in [0.5, 0.6) is 0 Å². The Bertz CT molecular complexity index is 845. The predicted octanol–water partition coefficient (Wildman–Crippen LogP) is 5.11. The van der Waals surface area contributed by atoms with Crippen LogP contribution in [0.3, 0.4) is 0 Å². The van der Waals surface area contributed by atoms with E-state index in [1.165, 1.54) is 6.07 Å². The van der Waals surface area contributed by atoms with Crippen LogP contribution in [0.2, 0.25) is 0 Å². The Kier molecular flexibility index (Phi) is 3.71. The summed E-state index contributed by atoms with van der Waals surface area (Å²) < 4.78 is 30.3. The second-order valence-corrected chi connectivity index (χ2v) is 5.73. The zero-order valence-corrected chi connectivity index (χ0v) is 13.3. The van der Waals surface area contributed by atoms with Crippen LogP contribution in [0.15, 0.2) is 34.8 Å². The van der Waals surface area contributed by atoms with Gasteiger partial charge in [0.15, 0.2) is 11.6 Å². The number of aromatic nitrogens is 2. The molecule has 0 N–H and O–H groups in total. The summed E-state index contributed by atoms with van der Waals surface area (Å²) in [6, 6.07) is 8.05. The summed E-state index contributed by atoms with van der Waals surface area (Å²) in [5, 5.41) is 0. The fourth-order valence-electron chi connectivity index (χ4n) is 2.34.